The van der Waals surface area contributed by atoms with Gasteiger partial charge < -0.3 is 9.47 Å². The maximum Gasteiger partial charge on any atom is 0.240 e. The molecular weight excluding hydrogens is 290 g/mol. The van der Waals surface area contributed by atoms with Gasteiger partial charge in [-0.1, -0.05) is 12.1 Å². The Bertz CT molecular complexity index is 551. The van der Waals surface area contributed by atoms with E-state index in [0.717, 1.165) is 18.4 Å². The third kappa shape index (κ3) is 5.07. The van der Waals surface area contributed by atoms with E-state index in [2.05, 4.69) is 4.72 Å². The lowest BCUT2D eigenvalue weighted by molar-refractivity contribution is 0.0656. The first-order valence-electron chi connectivity index (χ1n) is 7.29. The topological polar surface area (TPSA) is 64.6 Å². The highest BCUT2D eigenvalue weighted by Gasteiger charge is 2.20. The largest absolute Gasteiger partial charge is 0.377 e. The first-order valence-corrected chi connectivity index (χ1v) is 8.77. The molecule has 0 aliphatic carbocycles. The Morgan fingerprint density at radius 3 is 2.90 bits per heavy atom. The van der Waals surface area contributed by atoms with Crippen LogP contribution in [0.5, 0.6) is 0 Å². The highest BCUT2D eigenvalue weighted by molar-refractivity contribution is 7.89. The van der Waals surface area contributed by atoms with Crippen molar-refractivity contribution in [2.45, 2.75) is 50.4 Å². The Labute approximate surface area is 126 Å². The van der Waals surface area contributed by atoms with E-state index in [1.54, 1.807) is 18.2 Å². The minimum atomic E-state index is -3.49. The van der Waals surface area contributed by atoms with Gasteiger partial charge in [-0.05, 0) is 44.4 Å². The van der Waals surface area contributed by atoms with E-state index in [1.807, 2.05) is 19.9 Å². The molecule has 1 fully saturated rings. The van der Waals surface area contributed by atoms with Gasteiger partial charge in [0.25, 0.3) is 0 Å². The molecule has 0 aromatic heterocycles. The van der Waals surface area contributed by atoms with Gasteiger partial charge in [0.1, 0.15) is 0 Å². The van der Waals surface area contributed by atoms with E-state index < -0.39 is 10.0 Å². The summed E-state index contributed by atoms with van der Waals surface area (Å²) in [6.07, 6.45) is 2.01. The summed E-state index contributed by atoms with van der Waals surface area (Å²) in [5.41, 5.74) is 0.851. The molecule has 2 rings (SSSR count). The van der Waals surface area contributed by atoms with Crippen molar-refractivity contribution in [2.75, 3.05) is 13.2 Å². The third-order valence-electron chi connectivity index (χ3n) is 3.32. The van der Waals surface area contributed by atoms with Gasteiger partial charge in [0.15, 0.2) is 0 Å². The number of nitrogens with one attached hydrogen (secondary N) is 1. The number of sulfonamides is 1. The van der Waals surface area contributed by atoms with E-state index in [0.29, 0.717) is 19.8 Å². The van der Waals surface area contributed by atoms with E-state index in [1.165, 1.54) is 0 Å². The zero-order valence-corrected chi connectivity index (χ0v) is 13.4. The van der Waals surface area contributed by atoms with Crippen molar-refractivity contribution in [3.05, 3.63) is 29.8 Å². The predicted octanol–water partition coefficient (Wildman–Crippen LogP) is 2.07. The van der Waals surface area contributed by atoms with Gasteiger partial charge in [-0.2, -0.15) is 0 Å². The molecule has 0 spiro atoms. The van der Waals surface area contributed by atoms with Crippen LogP contribution in [-0.2, 0) is 26.1 Å². The summed E-state index contributed by atoms with van der Waals surface area (Å²) < 4.78 is 38.1. The zero-order valence-electron chi connectivity index (χ0n) is 12.5. The van der Waals surface area contributed by atoms with Crippen LogP contribution in [0.25, 0.3) is 0 Å². The lowest BCUT2D eigenvalue weighted by Gasteiger charge is -2.12. The third-order valence-corrected chi connectivity index (χ3v) is 4.74. The Morgan fingerprint density at radius 1 is 1.43 bits per heavy atom. The van der Waals surface area contributed by atoms with E-state index in [4.69, 9.17) is 9.47 Å². The first kappa shape index (κ1) is 16.4. The average Bonchev–Trinajstić information content (AvgIpc) is 2.97. The summed E-state index contributed by atoms with van der Waals surface area (Å²) in [6.45, 7) is 5.35. The number of benzene rings is 1. The molecule has 5 nitrogen and oxygen atoms in total. The normalized spacial score (nSPS) is 19.3. The molecule has 1 N–H and O–H groups in total. The molecule has 6 heteroatoms. The van der Waals surface area contributed by atoms with Gasteiger partial charge in [-0.25, -0.2) is 13.1 Å². The first-order chi connectivity index (χ1) is 9.97. The second-order valence-corrected chi connectivity index (χ2v) is 7.26. The van der Waals surface area contributed by atoms with E-state index >= 15 is 0 Å². The monoisotopic (exact) mass is 313 g/mol. The fraction of sp³-hybridized carbons (Fsp3) is 0.600. The fourth-order valence-corrected chi connectivity index (χ4v) is 3.29. The molecule has 0 unspecified atom stereocenters. The number of hydrogen-bond acceptors (Lipinski definition) is 4. The van der Waals surface area contributed by atoms with Crippen molar-refractivity contribution >= 4 is 10.0 Å². The van der Waals surface area contributed by atoms with Crippen LogP contribution in [0.1, 0.15) is 32.3 Å². The van der Waals surface area contributed by atoms with Gasteiger partial charge in [-0.15, -0.1) is 0 Å². The predicted molar refractivity (Wildman–Crippen MR) is 80.5 cm³/mol. The minimum absolute atomic E-state index is 0.00719. The van der Waals surface area contributed by atoms with Crippen LogP contribution in [0.15, 0.2) is 29.2 Å². The van der Waals surface area contributed by atoms with Crippen molar-refractivity contribution in [1.82, 2.24) is 4.72 Å². The SMILES string of the molecule is CC(C)OCc1cccc(S(=O)(=O)NC[C@@H]2CCCO2)c1. The minimum Gasteiger partial charge on any atom is -0.377 e. The molecule has 0 amide bonds. The summed E-state index contributed by atoms with van der Waals surface area (Å²) in [5, 5.41) is 0. The zero-order chi connectivity index (χ0) is 15.3. The summed E-state index contributed by atoms with van der Waals surface area (Å²) in [7, 11) is -3.49. The van der Waals surface area contributed by atoms with Crippen molar-refractivity contribution in [3.8, 4) is 0 Å². The van der Waals surface area contributed by atoms with Gasteiger partial charge >= 0.3 is 0 Å². The Morgan fingerprint density at radius 2 is 2.24 bits per heavy atom. The molecule has 1 aromatic rings. The second kappa shape index (κ2) is 7.35. The molecule has 1 aliphatic rings. The molecule has 0 bridgehead atoms. The van der Waals surface area contributed by atoms with Crippen LogP contribution in [0.2, 0.25) is 0 Å². The summed E-state index contributed by atoms with van der Waals surface area (Å²) in [5.74, 6) is 0. The van der Waals surface area contributed by atoms with Crippen LogP contribution in [0, 0.1) is 0 Å². The Balaban J connectivity index is 1.99. The van der Waals surface area contributed by atoms with Crippen molar-refractivity contribution in [2.24, 2.45) is 0 Å². The summed E-state index contributed by atoms with van der Waals surface area (Å²) in [6, 6.07) is 6.85. The molecule has 1 aromatic carbocycles. The van der Waals surface area contributed by atoms with Crippen molar-refractivity contribution in [1.29, 1.82) is 0 Å². The number of ether oxygens (including phenoxy) is 2. The molecule has 0 saturated carbocycles. The molecule has 1 atom stereocenters. The van der Waals surface area contributed by atoms with Gasteiger partial charge in [0, 0.05) is 13.2 Å². The highest BCUT2D eigenvalue weighted by atomic mass is 32.2. The van der Waals surface area contributed by atoms with E-state index in [9.17, 15) is 8.42 Å². The second-order valence-electron chi connectivity index (χ2n) is 5.49. The van der Waals surface area contributed by atoms with Crippen LogP contribution in [0.4, 0.5) is 0 Å². The van der Waals surface area contributed by atoms with Gasteiger partial charge in [0.2, 0.25) is 10.0 Å². The lowest BCUT2D eigenvalue weighted by atomic mass is 10.2. The molecule has 21 heavy (non-hydrogen) atoms. The molecule has 118 valence electrons. The van der Waals surface area contributed by atoms with Crippen LogP contribution >= 0.6 is 0 Å². The molecule has 1 heterocycles. The van der Waals surface area contributed by atoms with E-state index in [-0.39, 0.29) is 17.1 Å². The van der Waals surface area contributed by atoms with Crippen LogP contribution < -0.4 is 4.72 Å². The molecule has 1 aliphatic heterocycles. The smallest absolute Gasteiger partial charge is 0.240 e. The average molecular weight is 313 g/mol. The lowest BCUT2D eigenvalue weighted by Crippen LogP contribution is -2.31. The van der Waals surface area contributed by atoms with Crippen molar-refractivity contribution in [3.63, 3.8) is 0 Å². The quantitative estimate of drug-likeness (QED) is 0.837. The Hall–Kier alpha value is -0.950. The Kier molecular flexibility index (Phi) is 5.75. The number of hydrogen-bond donors (Lipinski definition) is 1. The van der Waals surface area contributed by atoms with Gasteiger partial charge in [0.05, 0.1) is 23.7 Å². The summed E-state index contributed by atoms with van der Waals surface area (Å²) >= 11 is 0. The molecular formula is C15H23NO4S. The molecule has 0 radical (unpaired) electrons. The summed E-state index contributed by atoms with van der Waals surface area (Å²) in [4.78, 5) is 0.269. The maximum atomic E-state index is 12.3. The fourth-order valence-electron chi connectivity index (χ4n) is 2.16. The van der Waals surface area contributed by atoms with Crippen molar-refractivity contribution < 1.29 is 17.9 Å². The maximum absolute atomic E-state index is 12.3. The van der Waals surface area contributed by atoms with Gasteiger partial charge in [-0.3, -0.25) is 0 Å². The highest BCUT2D eigenvalue weighted by Crippen LogP contribution is 2.15. The molecule has 1 saturated heterocycles. The van der Waals surface area contributed by atoms with Crippen LogP contribution in [0.3, 0.4) is 0 Å². The standard InChI is InChI=1S/C15H23NO4S/c1-12(2)20-11-13-5-3-7-15(9-13)21(17,18)16-10-14-6-4-8-19-14/h3,5,7,9,12,14,16H,4,6,8,10-11H2,1-2H3/t14-/m0/s1. The number of rotatable bonds is 7. The van der Waals surface area contributed by atoms with Crippen LogP contribution in [-0.4, -0.2) is 33.8 Å².